The molecule has 0 saturated carbocycles. The van der Waals surface area contributed by atoms with E-state index in [0.717, 1.165) is 0 Å². The van der Waals surface area contributed by atoms with Crippen molar-refractivity contribution in [1.82, 2.24) is 0 Å². The van der Waals surface area contributed by atoms with Gasteiger partial charge >= 0.3 is 5.97 Å². The van der Waals surface area contributed by atoms with Crippen LogP contribution in [0.1, 0.15) is 12.5 Å². The van der Waals surface area contributed by atoms with Crippen molar-refractivity contribution < 1.29 is 19.6 Å². The van der Waals surface area contributed by atoms with Gasteiger partial charge < -0.3 is 9.84 Å². The number of nitrogens with zero attached hydrogens (tertiary/aromatic N) is 1. The van der Waals surface area contributed by atoms with Crippen molar-refractivity contribution in [2.24, 2.45) is 0 Å². The van der Waals surface area contributed by atoms with Gasteiger partial charge in [-0.3, -0.25) is 10.1 Å². The molecule has 6 nitrogen and oxygen atoms in total. The van der Waals surface area contributed by atoms with E-state index in [0.29, 0.717) is 0 Å². The molecule has 0 fully saturated rings. The van der Waals surface area contributed by atoms with E-state index in [2.05, 4.69) is 6.58 Å². The van der Waals surface area contributed by atoms with Crippen LogP contribution in [0.5, 0.6) is 5.75 Å². The molecule has 0 atom stereocenters. The SMILES string of the molecule is C=C(C)C(=O)Oc1ccc([N+](=O)[O-])c(CO)c1. The van der Waals surface area contributed by atoms with E-state index < -0.39 is 17.5 Å². The Morgan fingerprint density at radius 3 is 2.71 bits per heavy atom. The number of hydrogen-bond acceptors (Lipinski definition) is 5. The zero-order valence-electron chi connectivity index (χ0n) is 9.17. The van der Waals surface area contributed by atoms with E-state index in [9.17, 15) is 14.9 Å². The zero-order chi connectivity index (χ0) is 13.0. The van der Waals surface area contributed by atoms with Gasteiger partial charge in [-0.2, -0.15) is 0 Å². The van der Waals surface area contributed by atoms with Gasteiger partial charge in [0, 0.05) is 11.6 Å². The monoisotopic (exact) mass is 237 g/mol. The van der Waals surface area contributed by atoms with Crippen LogP contribution in [0.4, 0.5) is 5.69 Å². The lowest BCUT2D eigenvalue weighted by atomic mass is 10.2. The molecule has 90 valence electrons. The molecule has 6 heteroatoms. The number of carbonyl (C=O) groups is 1. The summed E-state index contributed by atoms with van der Waals surface area (Å²) >= 11 is 0. The Kier molecular flexibility index (Phi) is 3.95. The standard InChI is InChI=1S/C11H11NO5/c1-7(2)11(14)17-9-3-4-10(12(15)16)8(5-9)6-13/h3-5,13H,1,6H2,2H3. The molecule has 0 aliphatic carbocycles. The summed E-state index contributed by atoms with van der Waals surface area (Å²) in [5.74, 6) is -0.490. The van der Waals surface area contributed by atoms with E-state index in [4.69, 9.17) is 9.84 Å². The van der Waals surface area contributed by atoms with Gasteiger partial charge in [0.1, 0.15) is 5.75 Å². The summed E-state index contributed by atoms with van der Waals surface area (Å²) in [6, 6.07) is 3.71. The fourth-order valence-corrected chi connectivity index (χ4v) is 1.12. The van der Waals surface area contributed by atoms with Crippen molar-refractivity contribution in [2.45, 2.75) is 13.5 Å². The number of ether oxygens (including phenoxy) is 1. The minimum absolute atomic E-state index is 0.0852. The predicted molar refractivity (Wildman–Crippen MR) is 59.5 cm³/mol. The van der Waals surface area contributed by atoms with Crippen LogP contribution in [0, 0.1) is 10.1 Å². The fourth-order valence-electron chi connectivity index (χ4n) is 1.12. The number of esters is 1. The third kappa shape index (κ3) is 3.12. The number of nitro groups is 1. The zero-order valence-corrected chi connectivity index (χ0v) is 9.17. The first-order chi connectivity index (χ1) is 7.95. The molecule has 0 amide bonds. The van der Waals surface area contributed by atoms with Crippen molar-refractivity contribution in [3.8, 4) is 5.75 Å². The number of hydrogen-bond donors (Lipinski definition) is 1. The molecular weight excluding hydrogens is 226 g/mol. The second-order valence-electron chi connectivity index (χ2n) is 3.38. The molecule has 1 aromatic rings. The normalized spacial score (nSPS) is 9.76. The third-order valence-electron chi connectivity index (χ3n) is 1.98. The number of nitro benzene ring substituents is 1. The van der Waals surface area contributed by atoms with Gasteiger partial charge in [0.05, 0.1) is 17.1 Å². The van der Waals surface area contributed by atoms with Crippen LogP contribution in [-0.4, -0.2) is 16.0 Å². The van der Waals surface area contributed by atoms with Crippen LogP contribution < -0.4 is 4.74 Å². The van der Waals surface area contributed by atoms with E-state index in [1.54, 1.807) is 0 Å². The van der Waals surface area contributed by atoms with Crippen LogP contribution in [0.25, 0.3) is 0 Å². The molecule has 0 bridgehead atoms. The molecule has 1 rings (SSSR count). The largest absolute Gasteiger partial charge is 0.423 e. The number of benzene rings is 1. The summed E-state index contributed by atoms with van der Waals surface area (Å²) in [6.45, 7) is 4.39. The Hall–Kier alpha value is -2.21. The van der Waals surface area contributed by atoms with E-state index in [1.807, 2.05) is 0 Å². The molecular formula is C11H11NO5. The Bertz CT molecular complexity index is 481. The summed E-state index contributed by atoms with van der Waals surface area (Å²) in [5, 5.41) is 19.6. The summed E-state index contributed by atoms with van der Waals surface area (Å²) in [5.41, 5.74) is 0.0820. The highest BCUT2D eigenvalue weighted by Gasteiger charge is 2.15. The average molecular weight is 237 g/mol. The fraction of sp³-hybridized carbons (Fsp3) is 0.182. The molecule has 0 saturated heterocycles. The molecule has 0 unspecified atom stereocenters. The second kappa shape index (κ2) is 5.22. The van der Waals surface area contributed by atoms with Gasteiger partial charge in [-0.05, 0) is 19.1 Å². The first-order valence-corrected chi connectivity index (χ1v) is 4.71. The highest BCUT2D eigenvalue weighted by molar-refractivity contribution is 5.88. The molecule has 0 heterocycles. The molecule has 17 heavy (non-hydrogen) atoms. The summed E-state index contributed by atoms with van der Waals surface area (Å²) in [7, 11) is 0. The van der Waals surface area contributed by atoms with Gasteiger partial charge in [0.25, 0.3) is 5.69 Å². The van der Waals surface area contributed by atoms with Crippen molar-refractivity contribution in [1.29, 1.82) is 0 Å². The lowest BCUT2D eigenvalue weighted by Crippen LogP contribution is -2.08. The smallest absolute Gasteiger partial charge is 0.338 e. The minimum Gasteiger partial charge on any atom is -0.423 e. The average Bonchev–Trinajstić information content (AvgIpc) is 2.28. The van der Waals surface area contributed by atoms with Crippen LogP contribution >= 0.6 is 0 Å². The van der Waals surface area contributed by atoms with Crippen LogP contribution in [0.2, 0.25) is 0 Å². The van der Waals surface area contributed by atoms with Crippen LogP contribution in [0.15, 0.2) is 30.4 Å². The second-order valence-corrected chi connectivity index (χ2v) is 3.38. The Balaban J connectivity index is 3.01. The Morgan fingerprint density at radius 2 is 2.24 bits per heavy atom. The number of aliphatic hydroxyl groups is 1. The maximum Gasteiger partial charge on any atom is 0.338 e. The molecule has 0 radical (unpaired) electrons. The van der Waals surface area contributed by atoms with Gasteiger partial charge in [-0.15, -0.1) is 0 Å². The summed E-state index contributed by atoms with van der Waals surface area (Å²) in [4.78, 5) is 21.2. The topological polar surface area (TPSA) is 89.7 Å². The minimum atomic E-state index is -0.622. The molecule has 1 aromatic carbocycles. The van der Waals surface area contributed by atoms with E-state index >= 15 is 0 Å². The predicted octanol–water partition coefficient (Wildman–Crippen LogP) is 1.57. The first kappa shape index (κ1) is 12.9. The lowest BCUT2D eigenvalue weighted by molar-refractivity contribution is -0.385. The van der Waals surface area contributed by atoms with Gasteiger partial charge in [-0.1, -0.05) is 6.58 Å². The molecule has 0 aliphatic rings. The Labute approximate surface area is 97.3 Å². The molecule has 0 aliphatic heterocycles. The molecule has 0 aromatic heterocycles. The third-order valence-corrected chi connectivity index (χ3v) is 1.98. The maximum absolute atomic E-state index is 11.2. The van der Waals surface area contributed by atoms with Gasteiger partial charge in [0.2, 0.25) is 0 Å². The number of carbonyl (C=O) groups excluding carboxylic acids is 1. The summed E-state index contributed by atoms with van der Waals surface area (Å²) < 4.78 is 4.88. The van der Waals surface area contributed by atoms with Crippen molar-refractivity contribution >= 4 is 11.7 Å². The number of rotatable bonds is 4. The first-order valence-electron chi connectivity index (χ1n) is 4.71. The van der Waals surface area contributed by atoms with Crippen LogP contribution in [-0.2, 0) is 11.4 Å². The van der Waals surface area contributed by atoms with Gasteiger partial charge in [-0.25, -0.2) is 4.79 Å². The quantitative estimate of drug-likeness (QED) is 0.282. The van der Waals surface area contributed by atoms with Crippen molar-refractivity contribution in [3.05, 3.63) is 46.0 Å². The highest BCUT2D eigenvalue weighted by Crippen LogP contribution is 2.24. The number of aliphatic hydroxyl groups excluding tert-OH is 1. The van der Waals surface area contributed by atoms with Crippen molar-refractivity contribution in [3.63, 3.8) is 0 Å². The van der Waals surface area contributed by atoms with Crippen molar-refractivity contribution in [2.75, 3.05) is 0 Å². The van der Waals surface area contributed by atoms with E-state index in [-0.39, 0.29) is 22.6 Å². The highest BCUT2D eigenvalue weighted by atomic mass is 16.6. The van der Waals surface area contributed by atoms with Crippen LogP contribution in [0.3, 0.4) is 0 Å². The lowest BCUT2D eigenvalue weighted by Gasteiger charge is -2.05. The van der Waals surface area contributed by atoms with E-state index in [1.165, 1.54) is 25.1 Å². The molecule has 1 N–H and O–H groups in total. The maximum atomic E-state index is 11.2. The van der Waals surface area contributed by atoms with Gasteiger partial charge in [0.15, 0.2) is 0 Å². The summed E-state index contributed by atoms with van der Waals surface area (Å²) in [6.07, 6.45) is 0. The molecule has 0 spiro atoms. The Morgan fingerprint density at radius 1 is 1.59 bits per heavy atom.